The smallest absolute Gasteiger partial charge is 0.146 e. The minimum atomic E-state index is -0.216. The monoisotopic (exact) mass is 182 g/mol. The van der Waals surface area contributed by atoms with Crippen LogP contribution in [0.15, 0.2) is 24.3 Å². The first-order chi connectivity index (χ1) is 6.20. The van der Waals surface area contributed by atoms with Gasteiger partial charge in [0.1, 0.15) is 5.82 Å². The van der Waals surface area contributed by atoms with Crippen molar-refractivity contribution in [2.45, 2.75) is 19.4 Å². The van der Waals surface area contributed by atoms with Crippen molar-refractivity contribution < 1.29 is 4.39 Å². The second kappa shape index (κ2) is 4.82. The van der Waals surface area contributed by atoms with Crippen LogP contribution in [0.2, 0.25) is 0 Å². The third-order valence-electron chi connectivity index (χ3n) is 1.79. The molecule has 0 fully saturated rings. The second-order valence-electron chi connectivity index (χ2n) is 3.17. The van der Waals surface area contributed by atoms with E-state index >= 15 is 0 Å². The number of benzene rings is 1. The van der Waals surface area contributed by atoms with Crippen LogP contribution in [0.1, 0.15) is 13.3 Å². The molecular weight excluding hydrogens is 167 g/mol. The fourth-order valence-electron chi connectivity index (χ4n) is 1.04. The summed E-state index contributed by atoms with van der Waals surface area (Å²) in [6.07, 6.45) is 0.842. The van der Waals surface area contributed by atoms with E-state index in [1.165, 1.54) is 6.07 Å². The zero-order valence-electron chi connectivity index (χ0n) is 7.76. The molecule has 72 valence electrons. The molecule has 0 saturated heterocycles. The van der Waals surface area contributed by atoms with Gasteiger partial charge in [-0.1, -0.05) is 12.1 Å². The molecule has 0 aromatic heterocycles. The van der Waals surface area contributed by atoms with E-state index in [1.54, 1.807) is 18.2 Å². The molecule has 1 atom stereocenters. The summed E-state index contributed by atoms with van der Waals surface area (Å²) in [5, 5.41) is 2.99. The molecule has 0 bridgehead atoms. The maximum Gasteiger partial charge on any atom is 0.146 e. The number of nitrogens with two attached hydrogens (primary N) is 1. The molecule has 0 amide bonds. The van der Waals surface area contributed by atoms with Gasteiger partial charge in [0.15, 0.2) is 0 Å². The summed E-state index contributed by atoms with van der Waals surface area (Å²) in [5.74, 6) is -0.216. The molecule has 3 N–H and O–H groups in total. The van der Waals surface area contributed by atoms with Gasteiger partial charge in [-0.15, -0.1) is 0 Å². The van der Waals surface area contributed by atoms with Crippen molar-refractivity contribution in [2.24, 2.45) is 5.73 Å². The van der Waals surface area contributed by atoms with Crippen molar-refractivity contribution in [1.29, 1.82) is 0 Å². The van der Waals surface area contributed by atoms with E-state index in [0.29, 0.717) is 12.2 Å². The van der Waals surface area contributed by atoms with Crippen LogP contribution in [0.25, 0.3) is 0 Å². The summed E-state index contributed by atoms with van der Waals surface area (Å²) >= 11 is 0. The molecule has 0 heterocycles. The topological polar surface area (TPSA) is 38.0 Å². The normalized spacial score (nSPS) is 12.5. The van der Waals surface area contributed by atoms with E-state index in [-0.39, 0.29) is 11.9 Å². The van der Waals surface area contributed by atoms with E-state index < -0.39 is 0 Å². The molecule has 1 rings (SSSR count). The largest absolute Gasteiger partial charge is 0.383 e. The Hall–Kier alpha value is -1.09. The lowest BCUT2D eigenvalue weighted by Crippen LogP contribution is -2.19. The van der Waals surface area contributed by atoms with Gasteiger partial charge in [-0.05, 0) is 25.5 Å². The molecule has 0 saturated carbocycles. The minimum absolute atomic E-state index is 0.152. The van der Waals surface area contributed by atoms with Crippen molar-refractivity contribution in [1.82, 2.24) is 0 Å². The van der Waals surface area contributed by atoms with Crippen molar-refractivity contribution in [3.05, 3.63) is 30.1 Å². The van der Waals surface area contributed by atoms with Crippen LogP contribution in [-0.2, 0) is 0 Å². The van der Waals surface area contributed by atoms with E-state index in [2.05, 4.69) is 5.32 Å². The van der Waals surface area contributed by atoms with Crippen molar-refractivity contribution in [3.8, 4) is 0 Å². The summed E-state index contributed by atoms with van der Waals surface area (Å²) in [6, 6.07) is 6.79. The van der Waals surface area contributed by atoms with Crippen LogP contribution in [0, 0.1) is 5.82 Å². The number of hydrogen-bond donors (Lipinski definition) is 2. The molecule has 1 unspecified atom stereocenters. The standard InChI is InChI=1S/C10H15FN2/c1-8(12)6-7-13-10-5-3-2-4-9(10)11/h2-5,8,13H,6-7,12H2,1H3. The van der Waals surface area contributed by atoms with Gasteiger partial charge in [0, 0.05) is 12.6 Å². The van der Waals surface area contributed by atoms with Crippen LogP contribution >= 0.6 is 0 Å². The van der Waals surface area contributed by atoms with Gasteiger partial charge in [0.2, 0.25) is 0 Å². The van der Waals surface area contributed by atoms with Crippen LogP contribution in [0.3, 0.4) is 0 Å². The Kier molecular flexibility index (Phi) is 3.71. The van der Waals surface area contributed by atoms with Crippen molar-refractivity contribution in [2.75, 3.05) is 11.9 Å². The number of nitrogens with one attached hydrogen (secondary N) is 1. The Bertz CT molecular complexity index is 261. The zero-order valence-corrected chi connectivity index (χ0v) is 7.76. The SMILES string of the molecule is CC(N)CCNc1ccccc1F. The number of rotatable bonds is 4. The number of anilines is 1. The molecule has 0 aliphatic rings. The first-order valence-electron chi connectivity index (χ1n) is 4.44. The third-order valence-corrected chi connectivity index (χ3v) is 1.79. The lowest BCUT2D eigenvalue weighted by atomic mass is 10.2. The van der Waals surface area contributed by atoms with E-state index in [0.717, 1.165) is 6.42 Å². The number of halogens is 1. The molecule has 0 aliphatic carbocycles. The fourth-order valence-corrected chi connectivity index (χ4v) is 1.04. The maximum absolute atomic E-state index is 13.0. The summed E-state index contributed by atoms with van der Waals surface area (Å²) in [7, 11) is 0. The summed E-state index contributed by atoms with van der Waals surface area (Å²) in [5.41, 5.74) is 6.11. The highest BCUT2D eigenvalue weighted by Gasteiger charge is 1.99. The van der Waals surface area contributed by atoms with Gasteiger partial charge < -0.3 is 11.1 Å². The Labute approximate surface area is 77.9 Å². The summed E-state index contributed by atoms with van der Waals surface area (Å²) in [4.78, 5) is 0. The predicted octanol–water partition coefficient (Wildman–Crippen LogP) is 1.97. The third kappa shape index (κ3) is 3.42. The van der Waals surface area contributed by atoms with Gasteiger partial charge in [-0.25, -0.2) is 4.39 Å². The number of hydrogen-bond acceptors (Lipinski definition) is 2. The van der Waals surface area contributed by atoms with Crippen molar-refractivity contribution in [3.63, 3.8) is 0 Å². The molecule has 3 heteroatoms. The quantitative estimate of drug-likeness (QED) is 0.747. The van der Waals surface area contributed by atoms with Gasteiger partial charge in [0.05, 0.1) is 5.69 Å². The van der Waals surface area contributed by atoms with Gasteiger partial charge in [-0.3, -0.25) is 0 Å². The summed E-state index contributed by atoms with van der Waals surface area (Å²) < 4.78 is 13.0. The average Bonchev–Trinajstić information content (AvgIpc) is 2.08. The zero-order chi connectivity index (χ0) is 9.68. The van der Waals surface area contributed by atoms with Gasteiger partial charge >= 0.3 is 0 Å². The molecule has 1 aromatic carbocycles. The predicted molar refractivity (Wildman–Crippen MR) is 53.2 cm³/mol. The second-order valence-corrected chi connectivity index (χ2v) is 3.17. The average molecular weight is 182 g/mol. The molecule has 0 radical (unpaired) electrons. The van der Waals surface area contributed by atoms with Crippen LogP contribution in [0.4, 0.5) is 10.1 Å². The highest BCUT2D eigenvalue weighted by molar-refractivity contribution is 5.44. The van der Waals surface area contributed by atoms with Gasteiger partial charge in [0.25, 0.3) is 0 Å². The van der Waals surface area contributed by atoms with Crippen LogP contribution in [-0.4, -0.2) is 12.6 Å². The first-order valence-corrected chi connectivity index (χ1v) is 4.44. The molecule has 0 spiro atoms. The van der Waals surface area contributed by atoms with E-state index in [9.17, 15) is 4.39 Å². The first kappa shape index (κ1) is 9.99. The highest BCUT2D eigenvalue weighted by Crippen LogP contribution is 2.11. The van der Waals surface area contributed by atoms with Crippen molar-refractivity contribution >= 4 is 5.69 Å². The molecule has 2 nitrogen and oxygen atoms in total. The van der Waals surface area contributed by atoms with Crippen LogP contribution < -0.4 is 11.1 Å². The lowest BCUT2D eigenvalue weighted by Gasteiger charge is -2.08. The Morgan fingerprint density at radius 1 is 1.46 bits per heavy atom. The highest BCUT2D eigenvalue weighted by atomic mass is 19.1. The van der Waals surface area contributed by atoms with Crippen LogP contribution in [0.5, 0.6) is 0 Å². The van der Waals surface area contributed by atoms with E-state index in [4.69, 9.17) is 5.73 Å². The van der Waals surface area contributed by atoms with Gasteiger partial charge in [-0.2, -0.15) is 0 Å². The number of para-hydroxylation sites is 1. The Morgan fingerprint density at radius 2 is 2.15 bits per heavy atom. The molecule has 13 heavy (non-hydrogen) atoms. The molecular formula is C10H15FN2. The minimum Gasteiger partial charge on any atom is -0.383 e. The lowest BCUT2D eigenvalue weighted by molar-refractivity contribution is 0.626. The summed E-state index contributed by atoms with van der Waals surface area (Å²) in [6.45, 7) is 2.64. The maximum atomic E-state index is 13.0. The Balaban J connectivity index is 2.41. The molecule has 1 aromatic rings. The van der Waals surface area contributed by atoms with E-state index in [1.807, 2.05) is 6.92 Å². The Morgan fingerprint density at radius 3 is 2.77 bits per heavy atom. The molecule has 0 aliphatic heterocycles. The fraction of sp³-hybridized carbons (Fsp3) is 0.400.